The number of hydrogen-bond acceptors (Lipinski definition) is 2. The van der Waals surface area contributed by atoms with E-state index < -0.39 is 0 Å². The van der Waals surface area contributed by atoms with E-state index in [1.165, 1.54) is 18.4 Å². The van der Waals surface area contributed by atoms with Crippen molar-refractivity contribution >= 4 is 5.69 Å². The maximum absolute atomic E-state index is 13.4. The number of benzene rings is 1. The summed E-state index contributed by atoms with van der Waals surface area (Å²) in [6.45, 7) is 5.34. The highest BCUT2D eigenvalue weighted by Crippen LogP contribution is 2.39. The summed E-state index contributed by atoms with van der Waals surface area (Å²) in [5.41, 5.74) is 2.45. The summed E-state index contributed by atoms with van der Waals surface area (Å²) in [7, 11) is 0. The lowest BCUT2D eigenvalue weighted by Crippen LogP contribution is -2.50. The van der Waals surface area contributed by atoms with Gasteiger partial charge in [0.05, 0.1) is 0 Å². The molecule has 0 spiro atoms. The number of halogens is 1. The van der Waals surface area contributed by atoms with Crippen molar-refractivity contribution in [3.63, 3.8) is 0 Å². The van der Waals surface area contributed by atoms with Crippen molar-refractivity contribution in [1.29, 1.82) is 0 Å². The SMILES string of the molecule is CCNCC1CCC1N1CCc2ccc(F)cc21. The third kappa shape index (κ3) is 2.01. The van der Waals surface area contributed by atoms with Crippen LogP contribution in [0.1, 0.15) is 25.3 Å². The number of fused-ring (bicyclic) bond motifs is 1. The van der Waals surface area contributed by atoms with E-state index in [1.54, 1.807) is 12.1 Å². The molecule has 0 bridgehead atoms. The molecule has 2 unspecified atom stereocenters. The van der Waals surface area contributed by atoms with E-state index in [0.717, 1.165) is 37.7 Å². The van der Waals surface area contributed by atoms with Crippen molar-refractivity contribution in [2.24, 2.45) is 5.92 Å². The van der Waals surface area contributed by atoms with Crippen LogP contribution in [0.2, 0.25) is 0 Å². The first-order valence-corrected chi connectivity index (χ1v) is 7.05. The van der Waals surface area contributed by atoms with Crippen LogP contribution in [0.15, 0.2) is 18.2 Å². The maximum atomic E-state index is 13.4. The minimum atomic E-state index is -0.108. The average molecular weight is 248 g/mol. The Balaban J connectivity index is 1.74. The Morgan fingerprint density at radius 3 is 3.00 bits per heavy atom. The highest BCUT2D eigenvalue weighted by molar-refractivity contribution is 5.59. The molecule has 0 radical (unpaired) electrons. The van der Waals surface area contributed by atoms with Crippen molar-refractivity contribution in [2.75, 3.05) is 24.5 Å². The molecule has 1 fully saturated rings. The molecule has 18 heavy (non-hydrogen) atoms. The summed E-state index contributed by atoms with van der Waals surface area (Å²) < 4.78 is 13.4. The van der Waals surface area contributed by atoms with Gasteiger partial charge in [0.25, 0.3) is 0 Å². The Hall–Kier alpha value is -1.09. The lowest BCUT2D eigenvalue weighted by molar-refractivity contribution is 0.237. The number of nitrogens with one attached hydrogen (secondary N) is 1. The van der Waals surface area contributed by atoms with Gasteiger partial charge in [0, 0.05) is 18.3 Å². The van der Waals surface area contributed by atoms with Crippen LogP contribution in [0.5, 0.6) is 0 Å². The van der Waals surface area contributed by atoms with E-state index in [4.69, 9.17) is 0 Å². The molecule has 2 atom stereocenters. The van der Waals surface area contributed by atoms with E-state index in [9.17, 15) is 4.39 Å². The van der Waals surface area contributed by atoms with Gasteiger partial charge in [-0.05, 0) is 56.0 Å². The smallest absolute Gasteiger partial charge is 0.125 e. The van der Waals surface area contributed by atoms with Crippen molar-refractivity contribution in [1.82, 2.24) is 5.32 Å². The van der Waals surface area contributed by atoms with Crippen molar-refractivity contribution in [3.05, 3.63) is 29.6 Å². The Morgan fingerprint density at radius 2 is 2.28 bits per heavy atom. The van der Waals surface area contributed by atoms with Crippen LogP contribution in [0.3, 0.4) is 0 Å². The first-order chi connectivity index (χ1) is 8.79. The number of rotatable bonds is 4. The van der Waals surface area contributed by atoms with Gasteiger partial charge in [0.15, 0.2) is 0 Å². The molecule has 1 heterocycles. The molecule has 1 aliphatic carbocycles. The Bertz CT molecular complexity index is 433. The number of hydrogen-bond donors (Lipinski definition) is 1. The van der Waals surface area contributed by atoms with Crippen LogP contribution in [0, 0.1) is 11.7 Å². The molecule has 0 aromatic heterocycles. The van der Waals surface area contributed by atoms with Gasteiger partial charge in [0.1, 0.15) is 5.82 Å². The summed E-state index contributed by atoms with van der Waals surface area (Å²) in [4.78, 5) is 2.43. The summed E-state index contributed by atoms with van der Waals surface area (Å²) >= 11 is 0. The van der Waals surface area contributed by atoms with Crippen LogP contribution < -0.4 is 10.2 Å². The van der Waals surface area contributed by atoms with Gasteiger partial charge < -0.3 is 10.2 Å². The van der Waals surface area contributed by atoms with Crippen molar-refractivity contribution < 1.29 is 4.39 Å². The average Bonchev–Trinajstić information content (AvgIpc) is 2.72. The zero-order valence-corrected chi connectivity index (χ0v) is 11.0. The van der Waals surface area contributed by atoms with Gasteiger partial charge in [-0.25, -0.2) is 4.39 Å². The van der Waals surface area contributed by atoms with Crippen LogP contribution in [-0.4, -0.2) is 25.7 Å². The lowest BCUT2D eigenvalue weighted by Gasteiger charge is -2.44. The fourth-order valence-corrected chi connectivity index (χ4v) is 3.25. The van der Waals surface area contributed by atoms with Crippen LogP contribution in [-0.2, 0) is 6.42 Å². The molecule has 1 saturated carbocycles. The number of anilines is 1. The van der Waals surface area contributed by atoms with Crippen molar-refractivity contribution in [2.45, 2.75) is 32.2 Å². The molecule has 3 heteroatoms. The highest BCUT2D eigenvalue weighted by Gasteiger charge is 2.37. The molecular formula is C15H21FN2. The molecular weight excluding hydrogens is 227 g/mol. The second kappa shape index (κ2) is 4.88. The fraction of sp³-hybridized carbons (Fsp3) is 0.600. The van der Waals surface area contributed by atoms with Crippen LogP contribution in [0.25, 0.3) is 0 Å². The molecule has 2 aliphatic rings. The number of nitrogens with zero attached hydrogens (tertiary/aromatic N) is 1. The summed E-state index contributed by atoms with van der Waals surface area (Å²) in [5, 5.41) is 3.44. The molecule has 1 aromatic carbocycles. The highest BCUT2D eigenvalue weighted by atomic mass is 19.1. The minimum absolute atomic E-state index is 0.108. The van der Waals surface area contributed by atoms with Gasteiger partial charge in [0.2, 0.25) is 0 Å². The standard InChI is InChI=1S/C15H21FN2/c1-2-17-10-12-4-6-14(12)18-8-7-11-3-5-13(16)9-15(11)18/h3,5,9,12,14,17H,2,4,6-8,10H2,1H3. The molecule has 0 saturated heterocycles. The topological polar surface area (TPSA) is 15.3 Å². The van der Waals surface area contributed by atoms with Crippen LogP contribution >= 0.6 is 0 Å². The van der Waals surface area contributed by atoms with Crippen LogP contribution in [0.4, 0.5) is 10.1 Å². The van der Waals surface area contributed by atoms with E-state index in [1.807, 2.05) is 6.07 Å². The molecule has 2 nitrogen and oxygen atoms in total. The zero-order chi connectivity index (χ0) is 12.5. The second-order valence-electron chi connectivity index (χ2n) is 5.43. The van der Waals surface area contributed by atoms with Crippen molar-refractivity contribution in [3.8, 4) is 0 Å². The van der Waals surface area contributed by atoms with Gasteiger partial charge in [-0.1, -0.05) is 13.0 Å². The molecule has 1 aliphatic heterocycles. The van der Waals surface area contributed by atoms with E-state index in [0.29, 0.717) is 6.04 Å². The predicted molar refractivity (Wildman–Crippen MR) is 72.5 cm³/mol. The predicted octanol–water partition coefficient (Wildman–Crippen LogP) is 2.58. The Labute approximate surface area is 108 Å². The third-order valence-corrected chi connectivity index (χ3v) is 4.41. The van der Waals surface area contributed by atoms with Gasteiger partial charge in [-0.2, -0.15) is 0 Å². The monoisotopic (exact) mass is 248 g/mol. The van der Waals surface area contributed by atoms with Gasteiger partial charge >= 0.3 is 0 Å². The zero-order valence-electron chi connectivity index (χ0n) is 11.0. The van der Waals surface area contributed by atoms with E-state index >= 15 is 0 Å². The van der Waals surface area contributed by atoms with Gasteiger partial charge in [-0.3, -0.25) is 0 Å². The Kier molecular flexibility index (Phi) is 3.25. The molecule has 1 N–H and O–H groups in total. The normalized spacial score (nSPS) is 26.0. The van der Waals surface area contributed by atoms with E-state index in [2.05, 4.69) is 17.1 Å². The van der Waals surface area contributed by atoms with Gasteiger partial charge in [-0.15, -0.1) is 0 Å². The summed E-state index contributed by atoms with van der Waals surface area (Å²) in [6, 6.07) is 5.86. The Morgan fingerprint density at radius 1 is 1.39 bits per heavy atom. The van der Waals surface area contributed by atoms with E-state index in [-0.39, 0.29) is 5.82 Å². The minimum Gasteiger partial charge on any atom is -0.368 e. The first kappa shape index (κ1) is 12.0. The second-order valence-corrected chi connectivity index (χ2v) is 5.43. The largest absolute Gasteiger partial charge is 0.368 e. The molecule has 98 valence electrons. The molecule has 3 rings (SSSR count). The lowest BCUT2D eigenvalue weighted by atomic mass is 9.78. The fourth-order valence-electron chi connectivity index (χ4n) is 3.25. The third-order valence-electron chi connectivity index (χ3n) is 4.41. The summed E-state index contributed by atoms with van der Waals surface area (Å²) in [5.74, 6) is 0.627. The summed E-state index contributed by atoms with van der Waals surface area (Å²) in [6.07, 6.45) is 3.63. The first-order valence-electron chi connectivity index (χ1n) is 7.05. The molecule has 1 aromatic rings. The quantitative estimate of drug-likeness (QED) is 0.881. The maximum Gasteiger partial charge on any atom is 0.125 e. The molecule has 0 amide bonds.